The molecule has 1 aromatic carbocycles. The van der Waals surface area contributed by atoms with E-state index in [0.717, 1.165) is 5.69 Å². The van der Waals surface area contributed by atoms with Crippen molar-refractivity contribution >= 4 is 29.0 Å². The maximum Gasteiger partial charge on any atom is 0.338 e. The molecule has 0 bridgehead atoms. The molecule has 0 atom stereocenters. The van der Waals surface area contributed by atoms with E-state index >= 15 is 0 Å². The van der Waals surface area contributed by atoms with Gasteiger partial charge >= 0.3 is 5.97 Å². The van der Waals surface area contributed by atoms with Crippen LogP contribution in [0.2, 0.25) is 0 Å². The first kappa shape index (κ1) is 18.4. The summed E-state index contributed by atoms with van der Waals surface area (Å²) in [7, 11) is 0. The van der Waals surface area contributed by atoms with Gasteiger partial charge in [-0.3, -0.25) is 0 Å². The Balaban J connectivity index is 2.72. The summed E-state index contributed by atoms with van der Waals surface area (Å²) in [5.41, 5.74) is 1.29. The molecule has 122 valence electrons. The van der Waals surface area contributed by atoms with Crippen molar-refractivity contribution in [3.8, 4) is 0 Å². The Morgan fingerprint density at radius 1 is 1.23 bits per heavy atom. The molecule has 0 amide bonds. The van der Waals surface area contributed by atoms with Crippen LogP contribution in [0, 0.1) is 11.8 Å². The second-order valence-electron chi connectivity index (χ2n) is 5.91. The first-order chi connectivity index (χ1) is 10.3. The minimum Gasteiger partial charge on any atom is -0.462 e. The second kappa shape index (κ2) is 8.73. The molecule has 0 fully saturated rings. The number of carbonyl (C=O) groups excluding carboxylic acids is 1. The van der Waals surface area contributed by atoms with Crippen molar-refractivity contribution in [2.24, 2.45) is 11.8 Å². The first-order valence-electron chi connectivity index (χ1n) is 7.69. The fourth-order valence-electron chi connectivity index (χ4n) is 2.36. The largest absolute Gasteiger partial charge is 0.462 e. The molecule has 0 aromatic heterocycles. The molecule has 0 unspecified atom stereocenters. The second-order valence-corrected chi connectivity index (χ2v) is 6.32. The summed E-state index contributed by atoms with van der Waals surface area (Å²) in [6.07, 6.45) is 0. The van der Waals surface area contributed by atoms with Crippen molar-refractivity contribution in [1.82, 2.24) is 5.32 Å². The van der Waals surface area contributed by atoms with E-state index < -0.39 is 0 Å². The molecule has 0 aliphatic carbocycles. The summed E-state index contributed by atoms with van der Waals surface area (Å²) in [6.45, 7) is 10.8. The van der Waals surface area contributed by atoms with Crippen LogP contribution in [0.25, 0.3) is 0 Å². The zero-order valence-corrected chi connectivity index (χ0v) is 14.8. The molecule has 2 N–H and O–H groups in total. The summed E-state index contributed by atoms with van der Waals surface area (Å²) >= 11 is 5.37. The lowest BCUT2D eigenvalue weighted by atomic mass is 9.93. The Labute approximate surface area is 138 Å². The van der Waals surface area contributed by atoms with Crippen LogP contribution < -0.4 is 10.6 Å². The van der Waals surface area contributed by atoms with Gasteiger partial charge < -0.3 is 15.4 Å². The predicted octanol–water partition coefficient (Wildman–Crippen LogP) is 3.83. The highest BCUT2D eigenvalue weighted by Gasteiger charge is 2.18. The van der Waals surface area contributed by atoms with Gasteiger partial charge in [0.2, 0.25) is 0 Å². The normalized spacial score (nSPS) is 10.9. The zero-order valence-electron chi connectivity index (χ0n) is 14.0. The Morgan fingerprint density at radius 3 is 2.41 bits per heavy atom. The van der Waals surface area contributed by atoms with Crippen molar-refractivity contribution in [2.45, 2.75) is 40.7 Å². The van der Waals surface area contributed by atoms with Crippen LogP contribution >= 0.6 is 12.2 Å². The maximum atomic E-state index is 11.7. The number of anilines is 1. The quantitative estimate of drug-likeness (QED) is 0.616. The first-order valence-corrected chi connectivity index (χ1v) is 8.10. The monoisotopic (exact) mass is 322 g/mol. The molecule has 4 nitrogen and oxygen atoms in total. The molecule has 0 aliphatic heterocycles. The molecule has 0 spiro atoms. The summed E-state index contributed by atoms with van der Waals surface area (Å²) in [5.74, 6) is 0.628. The third-order valence-corrected chi connectivity index (χ3v) is 3.59. The van der Waals surface area contributed by atoms with E-state index in [1.807, 2.05) is 6.07 Å². The summed E-state index contributed by atoms with van der Waals surface area (Å²) in [4.78, 5) is 11.7. The maximum absolute atomic E-state index is 11.7. The minimum atomic E-state index is -0.327. The molecule has 5 heteroatoms. The molecule has 1 rings (SSSR count). The molecule has 0 saturated heterocycles. The number of nitrogens with one attached hydrogen (secondary N) is 2. The number of carbonyl (C=O) groups is 1. The number of hydrogen-bond donors (Lipinski definition) is 2. The van der Waals surface area contributed by atoms with Crippen LogP contribution in [0.4, 0.5) is 5.69 Å². The molecular formula is C17H26N2O2S. The number of hydrogen-bond acceptors (Lipinski definition) is 3. The van der Waals surface area contributed by atoms with E-state index in [2.05, 4.69) is 38.3 Å². The Kier molecular flexibility index (Phi) is 7.32. The smallest absolute Gasteiger partial charge is 0.338 e. The van der Waals surface area contributed by atoms with E-state index in [0.29, 0.717) is 35.2 Å². The van der Waals surface area contributed by atoms with Crippen LogP contribution in [-0.4, -0.2) is 23.7 Å². The number of thiocarbonyl (C=S) groups is 1. The van der Waals surface area contributed by atoms with E-state index in [1.54, 1.807) is 25.1 Å². The van der Waals surface area contributed by atoms with Gasteiger partial charge in [0.05, 0.1) is 12.2 Å². The summed E-state index contributed by atoms with van der Waals surface area (Å²) < 4.78 is 5.00. The van der Waals surface area contributed by atoms with Gasteiger partial charge in [0.1, 0.15) is 0 Å². The fourth-order valence-corrected chi connectivity index (χ4v) is 2.61. The van der Waals surface area contributed by atoms with Gasteiger partial charge in [0, 0.05) is 11.7 Å². The molecule has 1 aromatic rings. The number of ether oxygens (including phenoxy) is 1. The average molecular weight is 322 g/mol. The van der Waals surface area contributed by atoms with Crippen LogP contribution in [0.1, 0.15) is 45.0 Å². The minimum absolute atomic E-state index is 0.299. The van der Waals surface area contributed by atoms with Gasteiger partial charge in [-0.2, -0.15) is 0 Å². The summed E-state index contributed by atoms with van der Waals surface area (Å²) in [5, 5.41) is 7.04. The van der Waals surface area contributed by atoms with E-state index in [4.69, 9.17) is 17.0 Å². The third kappa shape index (κ3) is 5.64. The van der Waals surface area contributed by atoms with Gasteiger partial charge in [-0.1, -0.05) is 33.8 Å². The standard InChI is InChI=1S/C17H26N2O2S/c1-6-21-16(20)13-8-7-9-14(10-13)18-17(22)19-15(11(2)3)12(4)5/h7-12,15H,6H2,1-5H3,(H2,18,19,22). The Bertz CT molecular complexity index is 507. The highest BCUT2D eigenvalue weighted by atomic mass is 32.1. The van der Waals surface area contributed by atoms with Crippen molar-refractivity contribution in [2.75, 3.05) is 11.9 Å². The van der Waals surface area contributed by atoms with Gasteiger partial charge in [-0.25, -0.2) is 4.79 Å². The van der Waals surface area contributed by atoms with Crippen molar-refractivity contribution in [3.63, 3.8) is 0 Å². The van der Waals surface area contributed by atoms with Gasteiger partial charge in [0.25, 0.3) is 0 Å². The lowest BCUT2D eigenvalue weighted by Gasteiger charge is -2.27. The lowest BCUT2D eigenvalue weighted by molar-refractivity contribution is 0.0526. The Hall–Kier alpha value is -1.62. The van der Waals surface area contributed by atoms with Crippen LogP contribution in [-0.2, 0) is 4.74 Å². The molecular weight excluding hydrogens is 296 g/mol. The van der Waals surface area contributed by atoms with E-state index in [1.165, 1.54) is 0 Å². The number of esters is 1. The van der Waals surface area contributed by atoms with Crippen molar-refractivity contribution in [1.29, 1.82) is 0 Å². The summed E-state index contributed by atoms with van der Waals surface area (Å²) in [6, 6.07) is 7.44. The molecule has 0 heterocycles. The van der Waals surface area contributed by atoms with E-state index in [-0.39, 0.29) is 5.97 Å². The van der Waals surface area contributed by atoms with Crippen LogP contribution in [0.5, 0.6) is 0 Å². The highest BCUT2D eigenvalue weighted by molar-refractivity contribution is 7.80. The molecule has 0 radical (unpaired) electrons. The average Bonchev–Trinajstić information content (AvgIpc) is 2.44. The number of rotatable bonds is 6. The van der Waals surface area contributed by atoms with Crippen LogP contribution in [0.15, 0.2) is 24.3 Å². The van der Waals surface area contributed by atoms with E-state index in [9.17, 15) is 4.79 Å². The van der Waals surface area contributed by atoms with Crippen LogP contribution in [0.3, 0.4) is 0 Å². The van der Waals surface area contributed by atoms with Gasteiger partial charge in [-0.15, -0.1) is 0 Å². The molecule has 0 aliphatic rings. The number of benzene rings is 1. The lowest BCUT2D eigenvalue weighted by Crippen LogP contribution is -2.44. The Morgan fingerprint density at radius 2 is 1.86 bits per heavy atom. The van der Waals surface area contributed by atoms with Crippen molar-refractivity contribution < 1.29 is 9.53 Å². The SMILES string of the molecule is CCOC(=O)c1cccc(NC(=S)NC(C(C)C)C(C)C)c1. The van der Waals surface area contributed by atoms with Gasteiger partial charge in [0.15, 0.2) is 5.11 Å². The fraction of sp³-hybridized carbons (Fsp3) is 0.529. The van der Waals surface area contributed by atoms with Crippen molar-refractivity contribution in [3.05, 3.63) is 29.8 Å². The third-order valence-electron chi connectivity index (χ3n) is 3.37. The van der Waals surface area contributed by atoms with Gasteiger partial charge in [-0.05, 0) is 49.2 Å². The predicted molar refractivity (Wildman–Crippen MR) is 95.2 cm³/mol. The topological polar surface area (TPSA) is 50.4 Å². The highest BCUT2D eigenvalue weighted by Crippen LogP contribution is 2.14. The molecule has 22 heavy (non-hydrogen) atoms. The zero-order chi connectivity index (χ0) is 16.7. The molecule has 0 saturated carbocycles.